The topological polar surface area (TPSA) is 145 Å². The van der Waals surface area contributed by atoms with Crippen LogP contribution in [0.1, 0.15) is 19.4 Å². The summed E-state index contributed by atoms with van der Waals surface area (Å²) in [5, 5.41) is 13.0. The van der Waals surface area contributed by atoms with Gasteiger partial charge >= 0.3 is 11.9 Å². The second-order valence-electron chi connectivity index (χ2n) is 5.74. The second kappa shape index (κ2) is 8.25. The van der Waals surface area contributed by atoms with Crippen molar-refractivity contribution >= 4 is 29.4 Å². The van der Waals surface area contributed by atoms with Crippen molar-refractivity contribution in [2.24, 2.45) is 0 Å². The maximum atomic E-state index is 12.2. The molecule has 1 aromatic carbocycles. The van der Waals surface area contributed by atoms with Crippen LogP contribution >= 0.6 is 0 Å². The van der Waals surface area contributed by atoms with E-state index in [1.807, 2.05) is 0 Å². The molecule has 144 valence electrons. The Bertz CT molecular complexity index is 776. The van der Waals surface area contributed by atoms with E-state index < -0.39 is 40.9 Å². The Balaban J connectivity index is 1.98. The fourth-order valence-corrected chi connectivity index (χ4v) is 2.35. The molecule has 0 bridgehead atoms. The lowest BCUT2D eigenvalue weighted by Crippen LogP contribution is -2.68. The number of esters is 2. The Morgan fingerprint density at radius 2 is 1.93 bits per heavy atom. The molecule has 0 spiro atoms. The van der Waals surface area contributed by atoms with Crippen LogP contribution in [-0.2, 0) is 35.3 Å². The van der Waals surface area contributed by atoms with E-state index in [4.69, 9.17) is 9.47 Å². The third-order valence-corrected chi connectivity index (χ3v) is 3.63. The number of β-lactam (4-membered cyclic amide) rings is 1. The Morgan fingerprint density at radius 1 is 1.30 bits per heavy atom. The number of ether oxygens (including phenoxy) is 2. The summed E-state index contributed by atoms with van der Waals surface area (Å²) in [5.74, 6) is -2.75. The zero-order chi connectivity index (χ0) is 20.1. The first-order valence-corrected chi connectivity index (χ1v) is 7.84. The lowest BCUT2D eigenvalue weighted by atomic mass is 10.1. The van der Waals surface area contributed by atoms with Gasteiger partial charge in [-0.2, -0.15) is 0 Å². The van der Waals surface area contributed by atoms with Gasteiger partial charge in [-0.05, 0) is 17.7 Å². The van der Waals surface area contributed by atoms with E-state index in [0.29, 0.717) is 5.56 Å². The Morgan fingerprint density at radius 3 is 2.41 bits per heavy atom. The quantitative estimate of drug-likeness (QED) is 0.298. The first-order valence-electron chi connectivity index (χ1n) is 7.84. The molecule has 27 heavy (non-hydrogen) atoms. The molecule has 1 unspecified atom stereocenters. The number of nitro groups is 1. The number of benzene rings is 1. The predicted molar refractivity (Wildman–Crippen MR) is 87.8 cm³/mol. The number of hydrogen-bond donors (Lipinski definition) is 1. The van der Waals surface area contributed by atoms with Gasteiger partial charge in [0, 0.05) is 26.0 Å². The van der Waals surface area contributed by atoms with Gasteiger partial charge in [0.25, 0.3) is 11.9 Å². The number of nitro benzene ring substituents is 1. The van der Waals surface area contributed by atoms with E-state index >= 15 is 0 Å². The highest BCUT2D eigenvalue weighted by Gasteiger charge is 2.46. The molecule has 2 rings (SSSR count). The molecule has 0 aliphatic carbocycles. The summed E-state index contributed by atoms with van der Waals surface area (Å²) in [5.41, 5.74) is 0.361. The van der Waals surface area contributed by atoms with E-state index in [0.717, 1.165) is 11.8 Å². The van der Waals surface area contributed by atoms with E-state index in [1.54, 1.807) is 0 Å². The Labute approximate surface area is 153 Å². The molecular formula is C16H17N3O8. The van der Waals surface area contributed by atoms with Gasteiger partial charge < -0.3 is 14.8 Å². The molecule has 1 aromatic rings. The molecule has 0 saturated carbocycles. The first kappa shape index (κ1) is 19.8. The highest BCUT2D eigenvalue weighted by molar-refractivity contribution is 5.95. The fraction of sp³-hybridized carbons (Fsp3) is 0.375. The SMILES string of the molecule is CC(=O)N[C@H]1CN(C(OC(C)=O)C(=O)OCc2ccc([N+](=O)[O-])cc2)C1=O. The standard InChI is InChI=1S/C16H17N3O8/c1-9(20)17-13-7-18(14(13)22)15(27-10(2)21)16(23)26-8-11-3-5-12(6-4-11)19(24)25/h3-6,13,15H,7-8H2,1-2H3,(H,17,20)/t13-,15?/m0/s1. The molecule has 1 fully saturated rings. The van der Waals surface area contributed by atoms with Crippen LogP contribution in [0, 0.1) is 10.1 Å². The summed E-state index contributed by atoms with van der Waals surface area (Å²) in [7, 11) is 0. The molecule has 1 N–H and O–H groups in total. The molecule has 11 heteroatoms. The van der Waals surface area contributed by atoms with Crippen LogP contribution in [0.2, 0.25) is 0 Å². The molecule has 2 amide bonds. The van der Waals surface area contributed by atoms with E-state index in [-0.39, 0.29) is 18.8 Å². The summed E-state index contributed by atoms with van der Waals surface area (Å²) in [6.07, 6.45) is -1.57. The fourth-order valence-electron chi connectivity index (χ4n) is 2.35. The molecular weight excluding hydrogens is 362 g/mol. The zero-order valence-electron chi connectivity index (χ0n) is 14.5. The number of non-ortho nitro benzene ring substituents is 1. The average Bonchev–Trinajstić information content (AvgIpc) is 2.61. The summed E-state index contributed by atoms with van der Waals surface area (Å²) in [4.78, 5) is 57.6. The highest BCUT2D eigenvalue weighted by atomic mass is 16.6. The summed E-state index contributed by atoms with van der Waals surface area (Å²) < 4.78 is 9.91. The van der Waals surface area contributed by atoms with Crippen LogP contribution < -0.4 is 5.32 Å². The largest absolute Gasteiger partial charge is 0.457 e. The number of rotatable bonds is 7. The summed E-state index contributed by atoms with van der Waals surface area (Å²) in [6, 6.07) is 4.54. The minimum atomic E-state index is -1.57. The number of carbonyl (C=O) groups excluding carboxylic acids is 4. The molecule has 1 saturated heterocycles. The number of amides is 2. The zero-order valence-corrected chi connectivity index (χ0v) is 14.5. The smallest absolute Gasteiger partial charge is 0.369 e. The van der Waals surface area contributed by atoms with Gasteiger partial charge in [-0.15, -0.1) is 0 Å². The Hall–Kier alpha value is -3.50. The van der Waals surface area contributed by atoms with Crippen molar-refractivity contribution in [1.82, 2.24) is 10.2 Å². The lowest BCUT2D eigenvalue weighted by Gasteiger charge is -2.41. The van der Waals surface area contributed by atoms with Crippen molar-refractivity contribution in [3.63, 3.8) is 0 Å². The van der Waals surface area contributed by atoms with Crippen molar-refractivity contribution in [2.75, 3.05) is 6.54 Å². The van der Waals surface area contributed by atoms with Crippen LogP contribution in [0.5, 0.6) is 0 Å². The predicted octanol–water partition coefficient (Wildman–Crippen LogP) is -0.126. The number of carbonyl (C=O) groups is 4. The summed E-state index contributed by atoms with van der Waals surface area (Å²) >= 11 is 0. The Kier molecular flexibility index (Phi) is 6.06. The van der Waals surface area contributed by atoms with Crippen LogP contribution in [0.25, 0.3) is 0 Å². The van der Waals surface area contributed by atoms with Crippen LogP contribution in [0.15, 0.2) is 24.3 Å². The third-order valence-electron chi connectivity index (χ3n) is 3.63. The van der Waals surface area contributed by atoms with Gasteiger partial charge in [0.15, 0.2) is 0 Å². The third kappa shape index (κ3) is 5.00. The van der Waals surface area contributed by atoms with Crippen molar-refractivity contribution in [2.45, 2.75) is 32.7 Å². The van der Waals surface area contributed by atoms with Crippen molar-refractivity contribution in [3.8, 4) is 0 Å². The van der Waals surface area contributed by atoms with Crippen LogP contribution in [0.3, 0.4) is 0 Å². The van der Waals surface area contributed by atoms with E-state index in [2.05, 4.69) is 5.32 Å². The maximum absolute atomic E-state index is 12.2. The number of hydrogen-bond acceptors (Lipinski definition) is 8. The molecule has 1 aliphatic heterocycles. The minimum Gasteiger partial charge on any atom is -0.457 e. The van der Waals surface area contributed by atoms with Gasteiger partial charge in [0.1, 0.15) is 12.6 Å². The van der Waals surface area contributed by atoms with Gasteiger partial charge in [-0.1, -0.05) is 0 Å². The van der Waals surface area contributed by atoms with E-state index in [1.165, 1.54) is 31.2 Å². The normalized spacial score (nSPS) is 16.7. The number of likely N-dealkylation sites (tertiary alicyclic amines) is 1. The average molecular weight is 379 g/mol. The van der Waals surface area contributed by atoms with Crippen LogP contribution in [0.4, 0.5) is 5.69 Å². The molecule has 2 atom stereocenters. The van der Waals surface area contributed by atoms with Crippen molar-refractivity contribution in [1.29, 1.82) is 0 Å². The molecule has 11 nitrogen and oxygen atoms in total. The first-order chi connectivity index (χ1) is 12.7. The number of nitrogens with one attached hydrogen (secondary N) is 1. The van der Waals surface area contributed by atoms with Gasteiger partial charge in [-0.25, -0.2) is 4.79 Å². The molecule has 1 aliphatic rings. The molecule has 1 heterocycles. The highest BCUT2D eigenvalue weighted by Crippen LogP contribution is 2.18. The second-order valence-corrected chi connectivity index (χ2v) is 5.74. The van der Waals surface area contributed by atoms with Crippen LogP contribution in [-0.4, -0.2) is 52.4 Å². The molecule has 0 aromatic heterocycles. The monoisotopic (exact) mass is 379 g/mol. The molecule has 0 radical (unpaired) electrons. The van der Waals surface area contributed by atoms with E-state index in [9.17, 15) is 29.3 Å². The van der Waals surface area contributed by atoms with Crippen molar-refractivity contribution in [3.05, 3.63) is 39.9 Å². The van der Waals surface area contributed by atoms with Crippen molar-refractivity contribution < 1.29 is 33.6 Å². The maximum Gasteiger partial charge on any atom is 0.369 e. The number of nitrogens with zero attached hydrogens (tertiary/aromatic N) is 2. The van der Waals surface area contributed by atoms with Gasteiger partial charge in [0.2, 0.25) is 11.8 Å². The van der Waals surface area contributed by atoms with Gasteiger partial charge in [-0.3, -0.25) is 29.4 Å². The lowest BCUT2D eigenvalue weighted by molar-refractivity contribution is -0.384. The van der Waals surface area contributed by atoms with Gasteiger partial charge in [0.05, 0.1) is 11.5 Å². The summed E-state index contributed by atoms with van der Waals surface area (Å²) in [6.45, 7) is 2.08. The minimum absolute atomic E-state index is 0.0109.